The normalized spacial score (nSPS) is 17.3. The van der Waals surface area contributed by atoms with E-state index in [2.05, 4.69) is 17.3 Å². The lowest BCUT2D eigenvalue weighted by molar-refractivity contribution is 0.0976. The molecule has 2 aromatic rings. The highest BCUT2D eigenvalue weighted by Gasteiger charge is 2.13. The molecule has 0 aromatic carbocycles. The lowest BCUT2D eigenvalue weighted by Crippen LogP contribution is -2.21. The van der Waals surface area contributed by atoms with Gasteiger partial charge in [-0.15, -0.1) is 11.3 Å². The second-order valence-corrected chi connectivity index (χ2v) is 7.18. The van der Waals surface area contributed by atoms with Crippen molar-refractivity contribution in [3.05, 3.63) is 64.6 Å². The quantitative estimate of drug-likeness (QED) is 0.554. The fourth-order valence-corrected chi connectivity index (χ4v) is 3.37. The molecule has 0 spiro atoms. The monoisotopic (exact) mass is 385 g/mol. The van der Waals surface area contributed by atoms with Crippen LogP contribution in [0.2, 0.25) is 0 Å². The van der Waals surface area contributed by atoms with Crippen molar-refractivity contribution in [2.24, 2.45) is 0 Å². The van der Waals surface area contributed by atoms with Gasteiger partial charge in [0.1, 0.15) is 5.69 Å². The molecule has 3 heterocycles. The number of thiophene rings is 1. The highest BCUT2D eigenvalue weighted by Crippen LogP contribution is 2.25. The molecular formula is C20H23N3O3S. The summed E-state index contributed by atoms with van der Waals surface area (Å²) in [5.74, 6) is 1.56. The van der Waals surface area contributed by atoms with Crippen LogP contribution in [0.4, 0.5) is 0 Å². The van der Waals surface area contributed by atoms with Crippen LogP contribution < -0.4 is 5.32 Å². The van der Waals surface area contributed by atoms with Crippen molar-refractivity contribution in [1.82, 2.24) is 15.1 Å². The topological polar surface area (TPSA) is 65.4 Å². The maximum absolute atomic E-state index is 10.8. The van der Waals surface area contributed by atoms with Crippen molar-refractivity contribution in [3.8, 4) is 10.6 Å². The number of nitrogens with zero attached hydrogens (tertiary/aromatic N) is 2. The molecule has 0 amide bonds. The number of allylic oxidation sites excluding steroid dienone is 3. The van der Waals surface area contributed by atoms with Gasteiger partial charge in [0, 0.05) is 19.3 Å². The van der Waals surface area contributed by atoms with E-state index in [1.54, 1.807) is 0 Å². The van der Waals surface area contributed by atoms with E-state index >= 15 is 0 Å². The van der Waals surface area contributed by atoms with Crippen molar-refractivity contribution >= 4 is 17.6 Å². The van der Waals surface area contributed by atoms with Gasteiger partial charge < -0.3 is 14.8 Å². The predicted octanol–water partition coefficient (Wildman–Crippen LogP) is 3.75. The SMILES string of the molecule is C/C=C1/OCO/C1=C/C=C(\C)CNCCn1ccc(-c2ccc(C=O)s2)n1. The number of hydrogen-bond donors (Lipinski definition) is 1. The molecule has 0 aliphatic carbocycles. The lowest BCUT2D eigenvalue weighted by Gasteiger charge is -2.05. The standard InChI is InChI=1S/C20H23N3O3S/c1-3-18-19(26-14-25-18)6-4-15(2)12-21-9-11-23-10-8-17(22-23)20-7-5-16(13-24)27-20/h3-8,10,13,21H,9,11-12,14H2,1-2H3/b15-4+,18-3+,19-6+. The van der Waals surface area contributed by atoms with Gasteiger partial charge in [-0.2, -0.15) is 5.10 Å². The molecule has 0 bridgehead atoms. The van der Waals surface area contributed by atoms with Gasteiger partial charge in [0.15, 0.2) is 17.8 Å². The van der Waals surface area contributed by atoms with E-state index in [1.807, 2.05) is 54.2 Å². The Kier molecular flexibility index (Phi) is 6.62. The van der Waals surface area contributed by atoms with Crippen LogP contribution >= 0.6 is 11.3 Å². The summed E-state index contributed by atoms with van der Waals surface area (Å²) >= 11 is 1.45. The Hall–Kier alpha value is -2.64. The van der Waals surface area contributed by atoms with Crippen molar-refractivity contribution < 1.29 is 14.3 Å². The number of carbonyl (C=O) groups is 1. The van der Waals surface area contributed by atoms with Gasteiger partial charge in [0.2, 0.25) is 6.79 Å². The van der Waals surface area contributed by atoms with E-state index < -0.39 is 0 Å². The van der Waals surface area contributed by atoms with Crippen LogP contribution in [0.3, 0.4) is 0 Å². The molecule has 7 heteroatoms. The Morgan fingerprint density at radius 1 is 1.33 bits per heavy atom. The molecule has 1 saturated heterocycles. The smallest absolute Gasteiger partial charge is 0.231 e. The summed E-state index contributed by atoms with van der Waals surface area (Å²) in [6.07, 6.45) is 8.70. The fourth-order valence-electron chi connectivity index (χ4n) is 2.58. The van der Waals surface area contributed by atoms with Gasteiger partial charge in [-0.3, -0.25) is 9.48 Å². The van der Waals surface area contributed by atoms with Gasteiger partial charge in [-0.25, -0.2) is 0 Å². The number of aromatic nitrogens is 2. The second kappa shape index (κ2) is 9.34. The van der Waals surface area contributed by atoms with Crippen LogP contribution in [-0.4, -0.2) is 35.9 Å². The summed E-state index contributed by atoms with van der Waals surface area (Å²) in [5.41, 5.74) is 2.10. The third-order valence-electron chi connectivity index (χ3n) is 4.01. The maximum atomic E-state index is 10.8. The van der Waals surface area contributed by atoms with Crippen LogP contribution in [0.25, 0.3) is 10.6 Å². The Balaban J connectivity index is 1.44. The molecule has 6 nitrogen and oxygen atoms in total. The predicted molar refractivity (Wildman–Crippen MR) is 106 cm³/mol. The van der Waals surface area contributed by atoms with Gasteiger partial charge in [-0.05, 0) is 44.2 Å². The number of carbonyl (C=O) groups excluding carboxylic acids is 1. The summed E-state index contributed by atoms with van der Waals surface area (Å²) in [5, 5.41) is 7.97. The summed E-state index contributed by atoms with van der Waals surface area (Å²) in [4.78, 5) is 12.5. The van der Waals surface area contributed by atoms with Gasteiger partial charge >= 0.3 is 0 Å². The molecule has 2 aromatic heterocycles. The molecule has 3 rings (SSSR count). The Morgan fingerprint density at radius 3 is 2.96 bits per heavy atom. The number of rotatable bonds is 8. The first kappa shape index (κ1) is 19.1. The summed E-state index contributed by atoms with van der Waals surface area (Å²) in [6, 6.07) is 5.72. The van der Waals surface area contributed by atoms with Gasteiger partial charge in [0.25, 0.3) is 0 Å². The summed E-state index contributed by atoms with van der Waals surface area (Å²) < 4.78 is 12.7. The molecule has 142 valence electrons. The van der Waals surface area contributed by atoms with E-state index in [9.17, 15) is 4.79 Å². The molecular weight excluding hydrogens is 362 g/mol. The number of ether oxygens (including phenoxy) is 2. The van der Waals surface area contributed by atoms with E-state index in [0.717, 1.165) is 52.9 Å². The zero-order chi connectivity index (χ0) is 19.1. The van der Waals surface area contributed by atoms with E-state index in [4.69, 9.17) is 9.47 Å². The molecule has 0 saturated carbocycles. The van der Waals surface area contributed by atoms with Crippen LogP contribution in [0.15, 0.2) is 59.7 Å². The first-order chi connectivity index (χ1) is 13.2. The Labute approximate surface area is 162 Å². The molecule has 1 aliphatic heterocycles. The van der Waals surface area contributed by atoms with Crippen molar-refractivity contribution in [2.75, 3.05) is 19.9 Å². The van der Waals surface area contributed by atoms with Gasteiger partial charge in [-0.1, -0.05) is 11.6 Å². The molecule has 0 radical (unpaired) electrons. The first-order valence-corrected chi connectivity index (χ1v) is 9.60. The second-order valence-electron chi connectivity index (χ2n) is 6.06. The Morgan fingerprint density at radius 2 is 2.19 bits per heavy atom. The number of hydrogen-bond acceptors (Lipinski definition) is 6. The van der Waals surface area contributed by atoms with Gasteiger partial charge in [0.05, 0.1) is 16.3 Å². The van der Waals surface area contributed by atoms with E-state index in [1.165, 1.54) is 16.9 Å². The molecule has 1 aliphatic rings. The minimum Gasteiger partial charge on any atom is -0.454 e. The van der Waals surface area contributed by atoms with Crippen molar-refractivity contribution in [3.63, 3.8) is 0 Å². The molecule has 1 fully saturated rings. The molecule has 1 N–H and O–H groups in total. The van der Waals surface area contributed by atoms with Crippen molar-refractivity contribution in [2.45, 2.75) is 20.4 Å². The zero-order valence-corrected chi connectivity index (χ0v) is 16.3. The minimum atomic E-state index is 0.282. The minimum absolute atomic E-state index is 0.282. The number of aldehydes is 1. The highest BCUT2D eigenvalue weighted by molar-refractivity contribution is 7.17. The van der Waals surface area contributed by atoms with Crippen LogP contribution in [-0.2, 0) is 16.0 Å². The van der Waals surface area contributed by atoms with E-state index in [0.29, 0.717) is 0 Å². The van der Waals surface area contributed by atoms with E-state index in [-0.39, 0.29) is 6.79 Å². The largest absolute Gasteiger partial charge is 0.454 e. The summed E-state index contributed by atoms with van der Waals surface area (Å²) in [7, 11) is 0. The molecule has 0 unspecified atom stereocenters. The first-order valence-electron chi connectivity index (χ1n) is 8.79. The summed E-state index contributed by atoms with van der Waals surface area (Å²) in [6.45, 7) is 6.66. The number of nitrogens with one attached hydrogen (secondary N) is 1. The average molecular weight is 385 g/mol. The Bertz CT molecular complexity index is 877. The van der Waals surface area contributed by atoms with Crippen LogP contribution in [0.1, 0.15) is 23.5 Å². The van der Waals surface area contributed by atoms with Crippen LogP contribution in [0.5, 0.6) is 0 Å². The average Bonchev–Trinajstić information content (AvgIpc) is 3.43. The highest BCUT2D eigenvalue weighted by atomic mass is 32.1. The lowest BCUT2D eigenvalue weighted by atomic mass is 10.2. The van der Waals surface area contributed by atoms with Crippen molar-refractivity contribution in [1.29, 1.82) is 0 Å². The molecule has 0 atom stereocenters. The maximum Gasteiger partial charge on any atom is 0.231 e. The molecule has 27 heavy (non-hydrogen) atoms. The fraction of sp³-hybridized carbons (Fsp3) is 0.300. The third kappa shape index (κ3) is 5.18. The zero-order valence-electron chi connectivity index (χ0n) is 15.5. The van der Waals surface area contributed by atoms with Crippen LogP contribution in [0, 0.1) is 0 Å². The third-order valence-corrected chi connectivity index (χ3v) is 5.04.